The lowest BCUT2D eigenvalue weighted by Crippen LogP contribution is -2.38. The molecular formula is C26H33N3O7S. The lowest BCUT2D eigenvalue weighted by atomic mass is 10.1. The van der Waals surface area contributed by atoms with Gasteiger partial charge in [-0.25, -0.2) is 18.2 Å². The Kier molecular flexibility index (Phi) is 9.90. The Morgan fingerprint density at radius 2 is 1.73 bits per heavy atom. The first-order chi connectivity index (χ1) is 17.8. The second-order valence-corrected chi connectivity index (χ2v) is 10.4. The maximum absolute atomic E-state index is 13.2. The Bertz CT molecular complexity index is 1220. The van der Waals surface area contributed by atoms with E-state index in [0.717, 1.165) is 36.4 Å². The van der Waals surface area contributed by atoms with Crippen LogP contribution in [0.3, 0.4) is 0 Å². The summed E-state index contributed by atoms with van der Waals surface area (Å²) in [5, 5.41) is 2.58. The molecule has 11 heteroatoms. The van der Waals surface area contributed by atoms with E-state index in [1.54, 1.807) is 30.3 Å². The van der Waals surface area contributed by atoms with E-state index in [2.05, 4.69) is 17.2 Å². The van der Waals surface area contributed by atoms with Crippen molar-refractivity contribution in [2.24, 2.45) is 0 Å². The van der Waals surface area contributed by atoms with Gasteiger partial charge in [0, 0.05) is 25.7 Å². The number of benzene rings is 1. The third-order valence-electron chi connectivity index (χ3n) is 5.69. The Hall–Kier alpha value is -3.60. The summed E-state index contributed by atoms with van der Waals surface area (Å²) in [5.74, 6) is -0.587. The molecule has 2 heterocycles. The van der Waals surface area contributed by atoms with Gasteiger partial charge in [-0.2, -0.15) is 0 Å². The number of hydrogen-bond acceptors (Lipinski definition) is 8. The van der Waals surface area contributed by atoms with Crippen LogP contribution in [0, 0.1) is 0 Å². The van der Waals surface area contributed by atoms with Crippen molar-refractivity contribution in [3.63, 3.8) is 0 Å². The van der Waals surface area contributed by atoms with Crippen LogP contribution < -0.4 is 5.32 Å². The predicted octanol–water partition coefficient (Wildman–Crippen LogP) is 4.90. The molecule has 1 unspecified atom stereocenters. The smallest absolute Gasteiger partial charge is 0.452 e. The van der Waals surface area contributed by atoms with E-state index in [1.807, 2.05) is 0 Å². The molecule has 0 saturated carbocycles. The Labute approximate surface area is 217 Å². The number of likely N-dealkylation sites (N-methyl/N-ethyl adjacent to an activating group) is 1. The number of rotatable bonds is 12. The molecule has 0 aliphatic carbocycles. The van der Waals surface area contributed by atoms with Crippen LogP contribution in [0.25, 0.3) is 5.76 Å². The highest BCUT2D eigenvalue weighted by Gasteiger charge is 2.39. The highest BCUT2D eigenvalue weighted by atomic mass is 32.2. The van der Waals surface area contributed by atoms with Gasteiger partial charge in [0.2, 0.25) is 6.29 Å². The van der Waals surface area contributed by atoms with Crippen LogP contribution in [0.5, 0.6) is 0 Å². The van der Waals surface area contributed by atoms with Gasteiger partial charge in [0.1, 0.15) is 5.82 Å². The molecule has 1 aliphatic heterocycles. The lowest BCUT2D eigenvalue weighted by Gasteiger charge is -2.31. The van der Waals surface area contributed by atoms with Crippen molar-refractivity contribution in [2.45, 2.75) is 63.6 Å². The number of anilines is 1. The number of carbonyl (C=O) groups excluding carboxylic acids is 2. The zero-order valence-corrected chi connectivity index (χ0v) is 22.1. The molecule has 1 aromatic heterocycles. The zero-order chi connectivity index (χ0) is 26.8. The van der Waals surface area contributed by atoms with Crippen molar-refractivity contribution in [3.05, 3.63) is 59.9 Å². The van der Waals surface area contributed by atoms with E-state index < -0.39 is 28.4 Å². The number of sulfonamides is 1. The summed E-state index contributed by atoms with van der Waals surface area (Å²) in [4.78, 5) is 29.4. The summed E-state index contributed by atoms with van der Waals surface area (Å²) in [6.07, 6.45) is 5.68. The molecular weight excluding hydrogens is 498 g/mol. The number of aromatic nitrogens is 1. The van der Waals surface area contributed by atoms with E-state index in [4.69, 9.17) is 14.2 Å². The van der Waals surface area contributed by atoms with Crippen molar-refractivity contribution in [1.82, 2.24) is 9.29 Å². The number of nitrogens with zero attached hydrogens (tertiary/aromatic N) is 2. The van der Waals surface area contributed by atoms with Crippen molar-refractivity contribution in [1.29, 1.82) is 0 Å². The average Bonchev–Trinajstić information content (AvgIpc) is 2.87. The fraction of sp³-hybridized carbons (Fsp3) is 0.423. The maximum atomic E-state index is 13.2. The summed E-state index contributed by atoms with van der Waals surface area (Å²) >= 11 is 0. The van der Waals surface area contributed by atoms with Gasteiger partial charge < -0.3 is 19.5 Å². The van der Waals surface area contributed by atoms with Crippen LogP contribution in [-0.4, -0.2) is 49.7 Å². The molecule has 1 amide bonds. The molecule has 0 bridgehead atoms. The van der Waals surface area contributed by atoms with E-state index in [1.165, 1.54) is 38.7 Å². The molecule has 0 fully saturated rings. The van der Waals surface area contributed by atoms with E-state index >= 15 is 0 Å². The Morgan fingerprint density at radius 1 is 1.03 bits per heavy atom. The minimum absolute atomic E-state index is 0.0419. The standard InChI is InChI=1S/C26H33N3O7S/c1-4-5-6-7-8-13-18-34-26(31)36-19(2)35-24-20-14-9-10-15-21(20)37(32,33)29(3)23(24)25(30)28-22-16-11-12-17-27-22/h9-12,14-17,19H,4-8,13,18H2,1-3H3,(H,27,28,30). The third-order valence-corrected chi connectivity index (χ3v) is 7.50. The average molecular weight is 532 g/mol. The van der Waals surface area contributed by atoms with Crippen LogP contribution in [0.4, 0.5) is 10.6 Å². The highest BCUT2D eigenvalue weighted by molar-refractivity contribution is 7.89. The first kappa shape index (κ1) is 28.0. The van der Waals surface area contributed by atoms with Crippen LogP contribution in [0.1, 0.15) is 57.9 Å². The second kappa shape index (κ2) is 13.1. The third kappa shape index (κ3) is 7.22. The molecule has 1 atom stereocenters. The lowest BCUT2D eigenvalue weighted by molar-refractivity contribution is -0.114. The predicted molar refractivity (Wildman–Crippen MR) is 138 cm³/mol. The van der Waals surface area contributed by atoms with E-state index in [9.17, 15) is 18.0 Å². The number of pyridine rings is 1. The van der Waals surface area contributed by atoms with Gasteiger partial charge in [0.25, 0.3) is 15.9 Å². The summed E-state index contributed by atoms with van der Waals surface area (Å²) < 4.78 is 43.3. The molecule has 3 rings (SSSR count). The van der Waals surface area contributed by atoms with Crippen LogP contribution in [-0.2, 0) is 29.0 Å². The molecule has 37 heavy (non-hydrogen) atoms. The van der Waals surface area contributed by atoms with Gasteiger partial charge in [0.15, 0.2) is 11.5 Å². The van der Waals surface area contributed by atoms with Gasteiger partial charge >= 0.3 is 6.16 Å². The number of hydrogen-bond donors (Lipinski definition) is 1. The van der Waals surface area contributed by atoms with Gasteiger partial charge in [-0.3, -0.25) is 9.10 Å². The summed E-state index contributed by atoms with van der Waals surface area (Å²) in [7, 11) is -2.79. The summed E-state index contributed by atoms with van der Waals surface area (Å²) in [5.41, 5.74) is -0.108. The number of unbranched alkanes of at least 4 members (excludes halogenated alkanes) is 5. The first-order valence-electron chi connectivity index (χ1n) is 12.3. The second-order valence-electron chi connectivity index (χ2n) is 8.49. The number of ether oxygens (including phenoxy) is 3. The van der Waals surface area contributed by atoms with Crippen molar-refractivity contribution < 1.29 is 32.2 Å². The molecule has 0 radical (unpaired) electrons. The minimum Gasteiger partial charge on any atom is -0.452 e. The fourth-order valence-electron chi connectivity index (χ4n) is 3.79. The largest absolute Gasteiger partial charge is 0.511 e. The molecule has 2 aromatic rings. The van der Waals surface area contributed by atoms with Gasteiger partial charge in [-0.05, 0) is 30.7 Å². The van der Waals surface area contributed by atoms with Crippen molar-refractivity contribution in [3.8, 4) is 0 Å². The van der Waals surface area contributed by atoms with Crippen molar-refractivity contribution in [2.75, 3.05) is 19.0 Å². The number of fused-ring (bicyclic) bond motifs is 1. The summed E-state index contributed by atoms with van der Waals surface area (Å²) in [6.45, 7) is 3.83. The number of nitrogens with one attached hydrogen (secondary N) is 1. The molecule has 1 aliphatic rings. The van der Waals surface area contributed by atoms with Gasteiger partial charge in [-0.15, -0.1) is 0 Å². The molecule has 1 N–H and O–H groups in total. The quantitative estimate of drug-likeness (QED) is 0.233. The zero-order valence-electron chi connectivity index (χ0n) is 21.3. The number of carbonyl (C=O) groups is 2. The molecule has 200 valence electrons. The first-order valence-corrected chi connectivity index (χ1v) is 13.7. The summed E-state index contributed by atoms with van der Waals surface area (Å²) in [6, 6.07) is 11.1. The van der Waals surface area contributed by atoms with Gasteiger partial charge in [-0.1, -0.05) is 57.2 Å². The van der Waals surface area contributed by atoms with Crippen LogP contribution >= 0.6 is 0 Å². The molecule has 0 spiro atoms. The van der Waals surface area contributed by atoms with Crippen molar-refractivity contribution >= 4 is 33.7 Å². The number of amides is 1. The fourth-order valence-corrected chi connectivity index (χ4v) is 5.18. The minimum atomic E-state index is -4.04. The monoisotopic (exact) mass is 531 g/mol. The van der Waals surface area contributed by atoms with Gasteiger partial charge in [0.05, 0.1) is 11.5 Å². The van der Waals surface area contributed by atoms with E-state index in [0.29, 0.717) is 0 Å². The maximum Gasteiger partial charge on any atom is 0.511 e. The van der Waals surface area contributed by atoms with Crippen LogP contribution in [0.2, 0.25) is 0 Å². The van der Waals surface area contributed by atoms with Crippen LogP contribution in [0.15, 0.2) is 59.3 Å². The molecule has 0 saturated heterocycles. The SMILES string of the molecule is CCCCCCCCOC(=O)OC(C)OC1=C(C(=O)Nc2ccccn2)N(C)S(=O)(=O)c2ccccc21. The topological polar surface area (TPSA) is 124 Å². The Morgan fingerprint density at radius 3 is 2.46 bits per heavy atom. The Balaban J connectivity index is 1.76. The van der Waals surface area contributed by atoms with E-state index in [-0.39, 0.29) is 34.3 Å². The highest BCUT2D eigenvalue weighted by Crippen LogP contribution is 2.37. The molecule has 1 aromatic carbocycles. The molecule has 10 nitrogen and oxygen atoms in total. The normalized spacial score (nSPS) is 14.9.